The zero-order valence-electron chi connectivity index (χ0n) is 11.4. The molecule has 1 unspecified atom stereocenters. The Morgan fingerprint density at radius 3 is 2.17 bits per heavy atom. The molecule has 0 saturated heterocycles. The first-order valence-electron chi connectivity index (χ1n) is 5.99. The first-order valence-corrected chi connectivity index (χ1v) is 5.99. The zero-order valence-corrected chi connectivity index (χ0v) is 11.4. The molecule has 0 aromatic heterocycles. The van der Waals surface area contributed by atoms with Crippen molar-refractivity contribution in [3.05, 3.63) is 0 Å². The van der Waals surface area contributed by atoms with Gasteiger partial charge in [-0.2, -0.15) is 0 Å². The summed E-state index contributed by atoms with van der Waals surface area (Å²) in [6.45, 7) is 7.22. The van der Waals surface area contributed by atoms with E-state index in [4.69, 9.17) is 5.11 Å². The van der Waals surface area contributed by atoms with E-state index in [0.717, 1.165) is 0 Å². The molecule has 3 N–H and O–H groups in total. The lowest BCUT2D eigenvalue weighted by Crippen LogP contribution is -2.42. The molecule has 0 fully saturated rings. The number of rotatable bonds is 6. The maximum atomic E-state index is 11.5. The SMILES string of the molecule is CCC(NC(=O)CCNC(=O)C(C)(C)C)C(=O)O. The van der Waals surface area contributed by atoms with Crippen LogP contribution < -0.4 is 10.6 Å². The summed E-state index contributed by atoms with van der Waals surface area (Å²) in [5.41, 5.74) is -0.497. The van der Waals surface area contributed by atoms with E-state index in [1.54, 1.807) is 27.7 Å². The molecule has 0 radical (unpaired) electrons. The summed E-state index contributed by atoms with van der Waals surface area (Å²) in [6.07, 6.45) is 0.404. The Labute approximate surface area is 107 Å². The maximum Gasteiger partial charge on any atom is 0.326 e. The number of carboxylic acid groups (broad SMARTS) is 1. The van der Waals surface area contributed by atoms with E-state index < -0.39 is 17.4 Å². The van der Waals surface area contributed by atoms with Gasteiger partial charge < -0.3 is 15.7 Å². The van der Waals surface area contributed by atoms with E-state index in [1.807, 2.05) is 0 Å². The van der Waals surface area contributed by atoms with Crippen molar-refractivity contribution < 1.29 is 19.5 Å². The molecule has 0 spiro atoms. The number of carbonyl (C=O) groups is 3. The Morgan fingerprint density at radius 2 is 1.78 bits per heavy atom. The van der Waals surface area contributed by atoms with E-state index >= 15 is 0 Å². The molecule has 0 bridgehead atoms. The van der Waals surface area contributed by atoms with Crippen LogP contribution in [0.3, 0.4) is 0 Å². The van der Waals surface area contributed by atoms with Gasteiger partial charge in [0.05, 0.1) is 0 Å². The van der Waals surface area contributed by atoms with Gasteiger partial charge in [0.15, 0.2) is 0 Å². The Hall–Kier alpha value is -1.59. The van der Waals surface area contributed by atoms with Crippen LogP contribution in [0.1, 0.15) is 40.5 Å². The second-order valence-electron chi connectivity index (χ2n) is 5.12. The summed E-state index contributed by atoms with van der Waals surface area (Å²) < 4.78 is 0. The quantitative estimate of drug-likeness (QED) is 0.647. The van der Waals surface area contributed by atoms with E-state index in [9.17, 15) is 14.4 Å². The normalized spacial score (nSPS) is 12.7. The van der Waals surface area contributed by atoms with Gasteiger partial charge in [-0.05, 0) is 6.42 Å². The third kappa shape index (κ3) is 6.22. The number of hydrogen-bond acceptors (Lipinski definition) is 3. The largest absolute Gasteiger partial charge is 0.480 e. The minimum atomic E-state index is -1.05. The molecule has 0 aliphatic rings. The Balaban J connectivity index is 3.98. The van der Waals surface area contributed by atoms with Gasteiger partial charge >= 0.3 is 5.97 Å². The fourth-order valence-electron chi connectivity index (χ4n) is 1.16. The minimum absolute atomic E-state index is 0.0750. The molecule has 104 valence electrons. The average molecular weight is 258 g/mol. The Bertz CT molecular complexity index is 321. The van der Waals surface area contributed by atoms with Crippen LogP contribution in [0.5, 0.6) is 0 Å². The number of amides is 2. The molecule has 0 aromatic carbocycles. The van der Waals surface area contributed by atoms with Gasteiger partial charge in [-0.15, -0.1) is 0 Å². The molecule has 0 aromatic rings. The second-order valence-corrected chi connectivity index (χ2v) is 5.12. The van der Waals surface area contributed by atoms with Gasteiger partial charge in [0.2, 0.25) is 11.8 Å². The van der Waals surface area contributed by atoms with Gasteiger partial charge in [0.25, 0.3) is 0 Å². The molecule has 0 rings (SSSR count). The van der Waals surface area contributed by atoms with Crippen LogP contribution >= 0.6 is 0 Å². The van der Waals surface area contributed by atoms with Crippen molar-refractivity contribution in [3.63, 3.8) is 0 Å². The van der Waals surface area contributed by atoms with Crippen LogP contribution in [0.25, 0.3) is 0 Å². The lowest BCUT2D eigenvalue weighted by molar-refractivity contribution is -0.142. The first-order chi connectivity index (χ1) is 8.18. The van der Waals surface area contributed by atoms with E-state index in [1.165, 1.54) is 0 Å². The summed E-state index contributed by atoms with van der Waals surface area (Å²) >= 11 is 0. The van der Waals surface area contributed by atoms with E-state index in [0.29, 0.717) is 6.42 Å². The summed E-state index contributed by atoms with van der Waals surface area (Å²) in [5.74, 6) is -1.57. The van der Waals surface area contributed by atoms with Crippen LogP contribution in [-0.2, 0) is 14.4 Å². The van der Waals surface area contributed by atoms with Gasteiger partial charge in [-0.25, -0.2) is 4.79 Å². The number of nitrogens with one attached hydrogen (secondary N) is 2. The molecular weight excluding hydrogens is 236 g/mol. The number of carbonyl (C=O) groups excluding carboxylic acids is 2. The fraction of sp³-hybridized carbons (Fsp3) is 0.750. The molecule has 2 amide bonds. The van der Waals surface area contributed by atoms with Crippen LogP contribution in [0.2, 0.25) is 0 Å². The van der Waals surface area contributed by atoms with Gasteiger partial charge in [-0.3, -0.25) is 9.59 Å². The lowest BCUT2D eigenvalue weighted by atomic mass is 9.96. The third-order valence-corrected chi connectivity index (χ3v) is 2.36. The Kier molecular flexibility index (Phi) is 6.36. The second kappa shape index (κ2) is 6.98. The highest BCUT2D eigenvalue weighted by molar-refractivity contribution is 5.84. The predicted octanol–water partition coefficient (Wildman–Crippen LogP) is 0.518. The molecule has 6 heteroatoms. The number of hydrogen-bond donors (Lipinski definition) is 3. The molecule has 0 aliphatic heterocycles. The molecular formula is C12H22N2O4. The third-order valence-electron chi connectivity index (χ3n) is 2.36. The molecule has 0 saturated carbocycles. The zero-order chi connectivity index (χ0) is 14.3. The minimum Gasteiger partial charge on any atom is -0.480 e. The fourth-order valence-corrected chi connectivity index (χ4v) is 1.16. The van der Waals surface area contributed by atoms with Crippen LogP contribution in [0.4, 0.5) is 0 Å². The van der Waals surface area contributed by atoms with Gasteiger partial charge in [0, 0.05) is 18.4 Å². The van der Waals surface area contributed by atoms with Crippen LogP contribution in [0.15, 0.2) is 0 Å². The van der Waals surface area contributed by atoms with Crippen molar-refractivity contribution in [2.24, 2.45) is 5.41 Å². The average Bonchev–Trinajstić information content (AvgIpc) is 2.23. The van der Waals surface area contributed by atoms with Crippen molar-refractivity contribution in [2.45, 2.75) is 46.6 Å². The van der Waals surface area contributed by atoms with Crippen molar-refractivity contribution in [1.29, 1.82) is 0 Å². The predicted molar refractivity (Wildman–Crippen MR) is 66.9 cm³/mol. The molecule has 1 atom stereocenters. The molecule has 0 aliphatic carbocycles. The van der Waals surface area contributed by atoms with Gasteiger partial charge in [0.1, 0.15) is 6.04 Å². The molecule has 0 heterocycles. The van der Waals surface area contributed by atoms with Crippen molar-refractivity contribution >= 4 is 17.8 Å². The summed E-state index contributed by atoms with van der Waals surface area (Å²) in [7, 11) is 0. The van der Waals surface area contributed by atoms with Crippen molar-refractivity contribution in [3.8, 4) is 0 Å². The number of aliphatic carboxylic acids is 1. The topological polar surface area (TPSA) is 95.5 Å². The van der Waals surface area contributed by atoms with Crippen molar-refractivity contribution in [2.75, 3.05) is 6.54 Å². The first kappa shape index (κ1) is 16.4. The summed E-state index contributed by atoms with van der Waals surface area (Å²) in [5, 5.41) is 13.8. The van der Waals surface area contributed by atoms with Crippen LogP contribution in [-0.4, -0.2) is 35.5 Å². The summed E-state index contributed by atoms with van der Waals surface area (Å²) in [6, 6.07) is -0.865. The van der Waals surface area contributed by atoms with E-state index in [2.05, 4.69) is 10.6 Å². The lowest BCUT2D eigenvalue weighted by Gasteiger charge is -2.18. The highest BCUT2D eigenvalue weighted by atomic mass is 16.4. The highest BCUT2D eigenvalue weighted by Gasteiger charge is 2.21. The number of carboxylic acids is 1. The molecule has 18 heavy (non-hydrogen) atoms. The highest BCUT2D eigenvalue weighted by Crippen LogP contribution is 2.11. The standard InChI is InChI=1S/C12H22N2O4/c1-5-8(10(16)17)14-9(15)6-7-13-11(18)12(2,3)4/h8H,5-7H2,1-4H3,(H,13,18)(H,14,15)(H,16,17). The van der Waals surface area contributed by atoms with Gasteiger partial charge in [-0.1, -0.05) is 27.7 Å². The monoisotopic (exact) mass is 258 g/mol. The smallest absolute Gasteiger partial charge is 0.326 e. The Morgan fingerprint density at radius 1 is 1.22 bits per heavy atom. The maximum absolute atomic E-state index is 11.5. The molecule has 6 nitrogen and oxygen atoms in total. The summed E-state index contributed by atoms with van der Waals surface area (Å²) in [4.78, 5) is 33.6. The van der Waals surface area contributed by atoms with E-state index in [-0.39, 0.29) is 24.8 Å². The van der Waals surface area contributed by atoms with Crippen LogP contribution in [0, 0.1) is 5.41 Å². The van der Waals surface area contributed by atoms with Crippen molar-refractivity contribution in [1.82, 2.24) is 10.6 Å².